The topological polar surface area (TPSA) is 33.2 Å². The Morgan fingerprint density at radius 2 is 1.84 bits per heavy atom. The molecule has 0 bridgehead atoms. The summed E-state index contributed by atoms with van der Waals surface area (Å²) in [5.41, 5.74) is 1.84. The van der Waals surface area contributed by atoms with Gasteiger partial charge in [-0.15, -0.1) is 11.3 Å². The molecular weight excluding hydrogens is 433 g/mol. The van der Waals surface area contributed by atoms with E-state index in [0.29, 0.717) is 18.7 Å². The number of likely N-dealkylation sites (tertiary alicyclic amines) is 1. The molecule has 3 aromatic rings. The molecule has 4 rings (SSSR count). The zero-order chi connectivity index (χ0) is 22.7. The van der Waals surface area contributed by atoms with Gasteiger partial charge in [0.05, 0.1) is 5.56 Å². The highest BCUT2D eigenvalue weighted by Crippen LogP contribution is 2.41. The first-order chi connectivity index (χ1) is 15.4. The van der Waals surface area contributed by atoms with Crippen LogP contribution < -0.4 is 0 Å². The molecule has 0 spiro atoms. The number of carbonyl (C=O) groups is 1. The van der Waals surface area contributed by atoms with Crippen molar-refractivity contribution in [1.29, 1.82) is 0 Å². The number of aromatic nitrogens is 1. The number of rotatable bonds is 5. The van der Waals surface area contributed by atoms with Crippen LogP contribution in [0.2, 0.25) is 0 Å². The SMILES string of the molecule is CCCc1cc(-c2cc(-c3ccc(C(=O)N4CCCCC4)cc3C(F)(F)F)cs2)ccn1. The summed E-state index contributed by atoms with van der Waals surface area (Å²) in [6.45, 7) is 3.28. The molecule has 3 nitrogen and oxygen atoms in total. The molecule has 1 aliphatic rings. The third kappa shape index (κ3) is 4.88. The van der Waals surface area contributed by atoms with E-state index in [1.807, 2.05) is 12.1 Å². The van der Waals surface area contributed by atoms with Crippen molar-refractivity contribution in [3.05, 3.63) is 64.8 Å². The first-order valence-electron chi connectivity index (χ1n) is 10.9. The molecule has 1 aliphatic heterocycles. The highest BCUT2D eigenvalue weighted by atomic mass is 32.1. The lowest BCUT2D eigenvalue weighted by molar-refractivity contribution is -0.137. The van der Waals surface area contributed by atoms with Gasteiger partial charge in [-0.1, -0.05) is 19.4 Å². The van der Waals surface area contributed by atoms with Crippen molar-refractivity contribution in [3.8, 4) is 21.6 Å². The van der Waals surface area contributed by atoms with Gasteiger partial charge in [0, 0.05) is 35.4 Å². The second-order valence-corrected chi connectivity index (χ2v) is 9.01. The maximum absolute atomic E-state index is 14.0. The van der Waals surface area contributed by atoms with Crippen LogP contribution in [0.4, 0.5) is 13.2 Å². The number of benzene rings is 1. The third-order valence-electron chi connectivity index (χ3n) is 5.73. The zero-order valence-electron chi connectivity index (χ0n) is 17.9. The third-order valence-corrected chi connectivity index (χ3v) is 6.71. The summed E-state index contributed by atoms with van der Waals surface area (Å²) in [6, 6.07) is 9.61. The number of carbonyl (C=O) groups excluding carboxylic acids is 1. The maximum atomic E-state index is 14.0. The molecule has 0 aliphatic carbocycles. The Hall–Kier alpha value is -2.67. The van der Waals surface area contributed by atoms with Crippen molar-refractivity contribution < 1.29 is 18.0 Å². The molecule has 0 N–H and O–H groups in total. The lowest BCUT2D eigenvalue weighted by Gasteiger charge is -2.27. The van der Waals surface area contributed by atoms with Crippen molar-refractivity contribution in [1.82, 2.24) is 9.88 Å². The lowest BCUT2D eigenvalue weighted by atomic mass is 9.97. The molecule has 0 saturated carbocycles. The normalized spacial score (nSPS) is 14.6. The maximum Gasteiger partial charge on any atom is 0.417 e. The molecule has 1 fully saturated rings. The molecular formula is C25H25F3N2OS. The first kappa shape index (κ1) is 22.5. The molecule has 0 unspecified atom stereocenters. The van der Waals surface area contributed by atoms with E-state index in [1.165, 1.54) is 23.5 Å². The number of aryl methyl sites for hydroxylation is 1. The van der Waals surface area contributed by atoms with Crippen LogP contribution in [0.25, 0.3) is 21.6 Å². The molecule has 1 saturated heterocycles. The van der Waals surface area contributed by atoms with E-state index in [-0.39, 0.29) is 17.0 Å². The Kier molecular flexibility index (Phi) is 6.65. The highest BCUT2D eigenvalue weighted by Gasteiger charge is 2.35. The van der Waals surface area contributed by atoms with Gasteiger partial charge in [0.1, 0.15) is 0 Å². The second-order valence-electron chi connectivity index (χ2n) is 8.10. The number of piperidine rings is 1. The highest BCUT2D eigenvalue weighted by molar-refractivity contribution is 7.14. The average Bonchev–Trinajstić information content (AvgIpc) is 3.29. The van der Waals surface area contributed by atoms with Crippen molar-refractivity contribution >= 4 is 17.2 Å². The number of halogens is 3. The van der Waals surface area contributed by atoms with E-state index in [0.717, 1.165) is 54.3 Å². The van der Waals surface area contributed by atoms with Crippen LogP contribution in [0, 0.1) is 0 Å². The summed E-state index contributed by atoms with van der Waals surface area (Å²) >= 11 is 1.41. The summed E-state index contributed by atoms with van der Waals surface area (Å²) in [5, 5.41) is 1.74. The smallest absolute Gasteiger partial charge is 0.339 e. The van der Waals surface area contributed by atoms with Gasteiger partial charge in [-0.3, -0.25) is 9.78 Å². The standard InChI is InChI=1S/C25H25F3N2OS/c1-2-6-20-13-17(9-10-29-20)23-15-19(16-32-23)21-8-7-18(14-22(21)25(26,27)28)24(31)30-11-4-3-5-12-30/h7-10,13-16H,2-6,11-12H2,1H3. The minimum absolute atomic E-state index is 0.0942. The molecule has 3 heterocycles. The van der Waals surface area contributed by atoms with Gasteiger partial charge in [-0.2, -0.15) is 13.2 Å². The van der Waals surface area contributed by atoms with E-state index in [4.69, 9.17) is 0 Å². The number of alkyl halides is 3. The fraction of sp³-hybridized carbons (Fsp3) is 0.360. The van der Waals surface area contributed by atoms with Gasteiger partial charge in [0.15, 0.2) is 0 Å². The van der Waals surface area contributed by atoms with E-state index < -0.39 is 11.7 Å². The number of pyridine rings is 1. The van der Waals surface area contributed by atoms with E-state index in [9.17, 15) is 18.0 Å². The summed E-state index contributed by atoms with van der Waals surface area (Å²) in [4.78, 5) is 19.6. The predicted octanol–water partition coefficient (Wildman–Crippen LogP) is 7.07. The van der Waals surface area contributed by atoms with Crippen LogP contribution in [0.5, 0.6) is 0 Å². The minimum Gasteiger partial charge on any atom is -0.339 e. The van der Waals surface area contributed by atoms with Gasteiger partial charge >= 0.3 is 6.18 Å². The van der Waals surface area contributed by atoms with Crippen LogP contribution >= 0.6 is 11.3 Å². The lowest BCUT2D eigenvalue weighted by Crippen LogP contribution is -2.35. The molecule has 1 aromatic carbocycles. The number of hydrogen-bond acceptors (Lipinski definition) is 3. The Morgan fingerprint density at radius 3 is 2.56 bits per heavy atom. The number of amides is 1. The van der Waals surface area contributed by atoms with Crippen molar-refractivity contribution in [3.63, 3.8) is 0 Å². The molecule has 1 amide bonds. The van der Waals surface area contributed by atoms with Gasteiger partial charge in [-0.25, -0.2) is 0 Å². The Labute approximate surface area is 189 Å². The number of hydrogen-bond donors (Lipinski definition) is 0. The molecule has 32 heavy (non-hydrogen) atoms. The largest absolute Gasteiger partial charge is 0.417 e. The number of thiophene rings is 1. The van der Waals surface area contributed by atoms with Crippen LogP contribution in [-0.2, 0) is 12.6 Å². The van der Waals surface area contributed by atoms with Gasteiger partial charge in [0.2, 0.25) is 0 Å². The molecule has 0 radical (unpaired) electrons. The first-order valence-corrected chi connectivity index (χ1v) is 11.8. The van der Waals surface area contributed by atoms with Gasteiger partial charge in [0.25, 0.3) is 5.91 Å². The van der Waals surface area contributed by atoms with E-state index in [2.05, 4.69) is 11.9 Å². The van der Waals surface area contributed by atoms with E-state index in [1.54, 1.807) is 22.5 Å². The van der Waals surface area contributed by atoms with Gasteiger partial charge in [-0.05, 0) is 78.1 Å². The summed E-state index contributed by atoms with van der Waals surface area (Å²) < 4.78 is 41.9. The predicted molar refractivity (Wildman–Crippen MR) is 122 cm³/mol. The van der Waals surface area contributed by atoms with Crippen molar-refractivity contribution in [2.75, 3.05) is 13.1 Å². The van der Waals surface area contributed by atoms with Crippen LogP contribution in [0.1, 0.15) is 54.2 Å². The molecule has 2 aromatic heterocycles. The Balaban J connectivity index is 1.68. The Bertz CT molecular complexity index is 1100. The fourth-order valence-electron chi connectivity index (χ4n) is 4.10. The van der Waals surface area contributed by atoms with Crippen molar-refractivity contribution in [2.45, 2.75) is 45.2 Å². The fourth-order valence-corrected chi connectivity index (χ4v) is 5.00. The second kappa shape index (κ2) is 9.45. The van der Waals surface area contributed by atoms with Crippen molar-refractivity contribution in [2.24, 2.45) is 0 Å². The summed E-state index contributed by atoms with van der Waals surface area (Å²) in [6.07, 6.45) is 1.85. The molecule has 168 valence electrons. The quantitative estimate of drug-likeness (QED) is 0.409. The van der Waals surface area contributed by atoms with E-state index >= 15 is 0 Å². The minimum atomic E-state index is -4.55. The van der Waals surface area contributed by atoms with Gasteiger partial charge < -0.3 is 4.90 Å². The summed E-state index contributed by atoms with van der Waals surface area (Å²) in [7, 11) is 0. The molecule has 7 heteroatoms. The molecule has 0 atom stereocenters. The monoisotopic (exact) mass is 458 g/mol. The van der Waals surface area contributed by atoms with Crippen LogP contribution in [-0.4, -0.2) is 28.9 Å². The van der Waals surface area contributed by atoms with Crippen LogP contribution in [0.15, 0.2) is 48.0 Å². The van der Waals surface area contributed by atoms with Crippen LogP contribution in [0.3, 0.4) is 0 Å². The average molecular weight is 459 g/mol. The number of nitrogens with zero attached hydrogens (tertiary/aromatic N) is 2. The Morgan fingerprint density at radius 1 is 1.06 bits per heavy atom. The zero-order valence-corrected chi connectivity index (χ0v) is 18.7. The summed E-state index contributed by atoms with van der Waals surface area (Å²) in [5.74, 6) is -0.326.